The Morgan fingerprint density at radius 3 is 1.81 bits per heavy atom. The van der Waals surface area contributed by atoms with Gasteiger partial charge in [0.25, 0.3) is 11.8 Å². The molecule has 0 unspecified atom stereocenters. The van der Waals surface area contributed by atoms with Crippen molar-refractivity contribution in [1.82, 2.24) is 20.6 Å². The summed E-state index contributed by atoms with van der Waals surface area (Å²) in [6, 6.07) is 14.0. The van der Waals surface area contributed by atoms with E-state index in [9.17, 15) is 9.59 Å². The zero-order valence-corrected chi connectivity index (χ0v) is 14.1. The molecular weight excluding hydrogens is 328 g/mol. The smallest absolute Gasteiger partial charge is 0.251 e. The first-order valence-corrected chi connectivity index (χ1v) is 8.16. The van der Waals surface area contributed by atoms with Crippen LogP contribution in [0.25, 0.3) is 0 Å². The van der Waals surface area contributed by atoms with Crippen molar-refractivity contribution in [3.05, 3.63) is 95.6 Å². The van der Waals surface area contributed by atoms with Crippen LogP contribution in [-0.4, -0.2) is 21.8 Å². The molecule has 0 aliphatic carbocycles. The second kappa shape index (κ2) is 8.53. The summed E-state index contributed by atoms with van der Waals surface area (Å²) >= 11 is 0. The molecule has 0 aliphatic rings. The number of benzene rings is 1. The van der Waals surface area contributed by atoms with Crippen LogP contribution in [0.3, 0.4) is 0 Å². The largest absolute Gasteiger partial charge is 0.348 e. The fourth-order valence-corrected chi connectivity index (χ4v) is 2.35. The minimum absolute atomic E-state index is 0.191. The monoisotopic (exact) mass is 346 g/mol. The average molecular weight is 346 g/mol. The maximum absolute atomic E-state index is 12.2. The van der Waals surface area contributed by atoms with Crippen LogP contribution in [0.5, 0.6) is 0 Å². The van der Waals surface area contributed by atoms with Crippen molar-refractivity contribution in [3.8, 4) is 0 Å². The van der Waals surface area contributed by atoms with E-state index in [0.717, 1.165) is 11.1 Å². The summed E-state index contributed by atoms with van der Waals surface area (Å²) < 4.78 is 0. The summed E-state index contributed by atoms with van der Waals surface area (Å²) in [4.78, 5) is 32.3. The summed E-state index contributed by atoms with van der Waals surface area (Å²) in [5.74, 6) is -0.387. The first-order chi connectivity index (χ1) is 12.7. The lowest BCUT2D eigenvalue weighted by Crippen LogP contribution is -2.24. The summed E-state index contributed by atoms with van der Waals surface area (Å²) in [6.45, 7) is 0.829. The normalized spacial score (nSPS) is 10.2. The molecule has 6 nitrogen and oxygen atoms in total. The summed E-state index contributed by atoms with van der Waals surface area (Å²) in [5, 5.41) is 5.66. The molecule has 130 valence electrons. The predicted molar refractivity (Wildman–Crippen MR) is 97.3 cm³/mol. The molecule has 2 N–H and O–H groups in total. The Kier molecular flexibility index (Phi) is 5.67. The molecule has 0 spiro atoms. The molecule has 0 radical (unpaired) electrons. The molecule has 0 aliphatic heterocycles. The van der Waals surface area contributed by atoms with Gasteiger partial charge in [0, 0.05) is 49.0 Å². The van der Waals surface area contributed by atoms with E-state index in [-0.39, 0.29) is 11.8 Å². The first-order valence-electron chi connectivity index (χ1n) is 8.16. The van der Waals surface area contributed by atoms with Crippen molar-refractivity contribution in [3.63, 3.8) is 0 Å². The van der Waals surface area contributed by atoms with Gasteiger partial charge in [-0.15, -0.1) is 0 Å². The van der Waals surface area contributed by atoms with Crippen molar-refractivity contribution in [2.24, 2.45) is 0 Å². The number of nitrogens with one attached hydrogen (secondary N) is 2. The van der Waals surface area contributed by atoms with E-state index in [0.29, 0.717) is 24.2 Å². The van der Waals surface area contributed by atoms with Gasteiger partial charge in [-0.1, -0.05) is 6.07 Å². The number of amides is 2. The Labute approximate surface area is 151 Å². The van der Waals surface area contributed by atoms with Crippen LogP contribution in [0.15, 0.2) is 73.3 Å². The second-order valence-corrected chi connectivity index (χ2v) is 5.66. The average Bonchev–Trinajstić information content (AvgIpc) is 2.72. The number of pyridine rings is 2. The SMILES string of the molecule is O=C(NCc1ccncc1)c1ccc(C(=O)NCc2cccnc2)cc1. The molecule has 0 atom stereocenters. The van der Waals surface area contributed by atoms with Crippen LogP contribution < -0.4 is 10.6 Å². The molecular formula is C20H18N4O2. The van der Waals surface area contributed by atoms with Crippen LogP contribution in [0.1, 0.15) is 31.8 Å². The van der Waals surface area contributed by atoms with E-state index in [2.05, 4.69) is 20.6 Å². The minimum atomic E-state index is -0.197. The summed E-state index contributed by atoms with van der Waals surface area (Å²) in [6.07, 6.45) is 6.75. The molecule has 0 saturated heterocycles. The molecule has 0 fully saturated rings. The maximum Gasteiger partial charge on any atom is 0.251 e. The van der Waals surface area contributed by atoms with Crippen LogP contribution >= 0.6 is 0 Å². The first kappa shape index (κ1) is 17.3. The van der Waals surface area contributed by atoms with Crippen molar-refractivity contribution in [2.75, 3.05) is 0 Å². The molecule has 26 heavy (non-hydrogen) atoms. The second-order valence-electron chi connectivity index (χ2n) is 5.66. The van der Waals surface area contributed by atoms with Gasteiger partial charge in [-0.3, -0.25) is 19.6 Å². The number of carbonyl (C=O) groups excluding carboxylic acids is 2. The van der Waals surface area contributed by atoms with E-state index < -0.39 is 0 Å². The predicted octanol–water partition coefficient (Wildman–Crippen LogP) is 2.34. The number of hydrogen-bond acceptors (Lipinski definition) is 4. The topological polar surface area (TPSA) is 84.0 Å². The third-order valence-corrected chi connectivity index (χ3v) is 3.79. The molecule has 2 aromatic heterocycles. The molecule has 2 heterocycles. The lowest BCUT2D eigenvalue weighted by Gasteiger charge is -2.07. The Morgan fingerprint density at radius 2 is 1.27 bits per heavy atom. The molecule has 3 aromatic rings. The molecule has 1 aromatic carbocycles. The van der Waals surface area contributed by atoms with Crippen molar-refractivity contribution >= 4 is 11.8 Å². The molecule has 6 heteroatoms. The zero-order valence-electron chi connectivity index (χ0n) is 14.1. The molecule has 3 rings (SSSR count). The van der Waals surface area contributed by atoms with Gasteiger partial charge in [-0.2, -0.15) is 0 Å². The van der Waals surface area contributed by atoms with E-state index in [1.807, 2.05) is 24.3 Å². The van der Waals surface area contributed by atoms with Crippen molar-refractivity contribution < 1.29 is 9.59 Å². The van der Waals surface area contributed by atoms with Gasteiger partial charge < -0.3 is 10.6 Å². The summed E-state index contributed by atoms with van der Waals surface area (Å²) in [7, 11) is 0. The van der Waals surface area contributed by atoms with E-state index in [4.69, 9.17) is 0 Å². The van der Waals surface area contributed by atoms with Crippen LogP contribution in [-0.2, 0) is 13.1 Å². The van der Waals surface area contributed by atoms with Crippen LogP contribution in [0.4, 0.5) is 0 Å². The number of rotatable bonds is 6. The number of carbonyl (C=O) groups is 2. The van der Waals surface area contributed by atoms with Crippen LogP contribution in [0, 0.1) is 0 Å². The van der Waals surface area contributed by atoms with E-state index in [1.165, 1.54) is 0 Å². The minimum Gasteiger partial charge on any atom is -0.348 e. The Bertz CT molecular complexity index is 791. The van der Waals surface area contributed by atoms with Gasteiger partial charge in [-0.05, 0) is 53.6 Å². The number of hydrogen-bond donors (Lipinski definition) is 2. The molecule has 0 saturated carbocycles. The zero-order chi connectivity index (χ0) is 18.2. The van der Waals surface area contributed by atoms with Gasteiger partial charge in [0.15, 0.2) is 0 Å². The molecule has 0 bridgehead atoms. The quantitative estimate of drug-likeness (QED) is 0.717. The third kappa shape index (κ3) is 4.73. The standard InChI is InChI=1S/C20H18N4O2/c25-19(23-13-15-7-10-21-11-8-15)17-3-5-18(6-4-17)20(26)24-14-16-2-1-9-22-12-16/h1-12H,13-14H2,(H,23,25)(H,24,26). The van der Waals surface area contributed by atoms with Crippen LogP contribution in [0.2, 0.25) is 0 Å². The van der Waals surface area contributed by atoms with Crippen molar-refractivity contribution in [2.45, 2.75) is 13.1 Å². The highest BCUT2D eigenvalue weighted by Crippen LogP contribution is 2.06. The van der Waals surface area contributed by atoms with Gasteiger partial charge >= 0.3 is 0 Å². The Morgan fingerprint density at radius 1 is 0.692 bits per heavy atom. The van der Waals surface area contributed by atoms with Gasteiger partial charge in [0.1, 0.15) is 0 Å². The lowest BCUT2D eigenvalue weighted by molar-refractivity contribution is 0.0939. The highest BCUT2D eigenvalue weighted by molar-refractivity contribution is 5.97. The molecule has 2 amide bonds. The highest BCUT2D eigenvalue weighted by atomic mass is 16.2. The fraction of sp³-hybridized carbons (Fsp3) is 0.100. The van der Waals surface area contributed by atoms with Gasteiger partial charge in [0.2, 0.25) is 0 Å². The lowest BCUT2D eigenvalue weighted by atomic mass is 10.1. The summed E-state index contributed by atoms with van der Waals surface area (Å²) in [5.41, 5.74) is 2.90. The number of aromatic nitrogens is 2. The van der Waals surface area contributed by atoms with Gasteiger partial charge in [0.05, 0.1) is 0 Å². The number of nitrogens with zero attached hydrogens (tertiary/aromatic N) is 2. The third-order valence-electron chi connectivity index (χ3n) is 3.79. The Hall–Kier alpha value is -3.54. The Balaban J connectivity index is 1.53. The van der Waals surface area contributed by atoms with Gasteiger partial charge in [-0.25, -0.2) is 0 Å². The fourth-order valence-electron chi connectivity index (χ4n) is 2.35. The maximum atomic E-state index is 12.2. The highest BCUT2D eigenvalue weighted by Gasteiger charge is 2.09. The van der Waals surface area contributed by atoms with E-state index >= 15 is 0 Å². The van der Waals surface area contributed by atoms with E-state index in [1.54, 1.807) is 49.1 Å². The van der Waals surface area contributed by atoms with Crippen molar-refractivity contribution in [1.29, 1.82) is 0 Å².